The van der Waals surface area contributed by atoms with Crippen LogP contribution in [0.15, 0.2) is 42.5 Å². The maximum Gasteiger partial charge on any atom is 0.404 e. The summed E-state index contributed by atoms with van der Waals surface area (Å²) < 4.78 is 46.6. The van der Waals surface area contributed by atoms with Crippen LogP contribution in [0.25, 0.3) is 0 Å². The van der Waals surface area contributed by atoms with E-state index in [-0.39, 0.29) is 17.2 Å². The molecule has 10 heteroatoms. The molecule has 6 nitrogen and oxygen atoms in total. The zero-order valence-corrected chi connectivity index (χ0v) is 21.8. The number of anilines is 1. The summed E-state index contributed by atoms with van der Waals surface area (Å²) in [7, 11) is 2.93. The molecule has 0 aliphatic carbocycles. The number of likely N-dealkylation sites (tertiary alicyclic amines) is 1. The third kappa shape index (κ3) is 7.77. The van der Waals surface area contributed by atoms with Crippen LogP contribution in [0.1, 0.15) is 53.9 Å². The van der Waals surface area contributed by atoms with Gasteiger partial charge in [-0.1, -0.05) is 36.6 Å². The molecular weight excluding hydrogens is 507 g/mol. The van der Waals surface area contributed by atoms with Crippen LogP contribution in [0.4, 0.5) is 18.9 Å². The van der Waals surface area contributed by atoms with Crippen LogP contribution in [0, 0.1) is 5.92 Å². The molecule has 1 heterocycles. The summed E-state index contributed by atoms with van der Waals surface area (Å²) >= 11 is 6.17. The average Bonchev–Trinajstić information content (AvgIpc) is 2.88. The molecule has 0 radical (unpaired) electrons. The van der Waals surface area contributed by atoms with Gasteiger partial charge in [0.1, 0.15) is 5.75 Å². The smallest absolute Gasteiger partial charge is 0.404 e. The van der Waals surface area contributed by atoms with Crippen molar-refractivity contribution in [2.24, 2.45) is 5.92 Å². The molecular formula is C27H33ClF3N3O3. The Balaban J connectivity index is 1.43. The number of benzene rings is 2. The summed E-state index contributed by atoms with van der Waals surface area (Å²) in [6.45, 7) is 1.39. The van der Waals surface area contributed by atoms with Crippen molar-refractivity contribution in [1.82, 2.24) is 10.2 Å². The molecule has 1 aliphatic heterocycles. The van der Waals surface area contributed by atoms with Crippen LogP contribution in [0.3, 0.4) is 0 Å². The Labute approximate surface area is 220 Å². The first-order valence-electron chi connectivity index (χ1n) is 12.4. The molecule has 0 spiro atoms. The maximum absolute atomic E-state index is 13.9. The van der Waals surface area contributed by atoms with Gasteiger partial charge in [0.15, 0.2) is 5.92 Å². The molecule has 2 aromatic rings. The van der Waals surface area contributed by atoms with Gasteiger partial charge >= 0.3 is 6.18 Å². The Morgan fingerprint density at radius 2 is 1.86 bits per heavy atom. The summed E-state index contributed by atoms with van der Waals surface area (Å²) in [6.07, 6.45) is -0.458. The molecule has 0 aromatic heterocycles. The quantitative estimate of drug-likeness (QED) is 0.370. The van der Waals surface area contributed by atoms with Gasteiger partial charge in [0.25, 0.3) is 5.91 Å². The fraction of sp³-hybridized carbons (Fsp3) is 0.481. The van der Waals surface area contributed by atoms with Crippen LogP contribution in [0.2, 0.25) is 5.02 Å². The highest BCUT2D eigenvalue weighted by Gasteiger charge is 2.48. The van der Waals surface area contributed by atoms with Crippen molar-refractivity contribution < 1.29 is 27.5 Å². The fourth-order valence-electron chi connectivity index (χ4n) is 4.65. The lowest BCUT2D eigenvalue weighted by atomic mass is 9.90. The number of amides is 2. The molecule has 1 aliphatic rings. The van der Waals surface area contributed by atoms with Crippen molar-refractivity contribution in [2.75, 3.05) is 39.1 Å². The van der Waals surface area contributed by atoms with Gasteiger partial charge in [0, 0.05) is 32.4 Å². The Bertz CT molecular complexity index is 1070. The summed E-state index contributed by atoms with van der Waals surface area (Å²) in [4.78, 5) is 26.0. The van der Waals surface area contributed by atoms with Crippen molar-refractivity contribution >= 4 is 29.1 Å². The van der Waals surface area contributed by atoms with Crippen molar-refractivity contribution in [3.8, 4) is 5.75 Å². The summed E-state index contributed by atoms with van der Waals surface area (Å²) in [5.41, 5.74) is 1.15. The van der Waals surface area contributed by atoms with Gasteiger partial charge < -0.3 is 20.3 Å². The number of alkyl halides is 3. The van der Waals surface area contributed by atoms with E-state index in [1.165, 1.54) is 30.2 Å². The monoisotopic (exact) mass is 539 g/mol. The van der Waals surface area contributed by atoms with Gasteiger partial charge in [0.05, 0.1) is 17.7 Å². The maximum atomic E-state index is 13.9. The Kier molecular flexibility index (Phi) is 10.1. The van der Waals surface area contributed by atoms with Crippen LogP contribution in [-0.2, 0) is 4.79 Å². The summed E-state index contributed by atoms with van der Waals surface area (Å²) in [5.74, 6) is -2.66. The molecule has 2 aromatic carbocycles. The minimum absolute atomic E-state index is 0.101. The third-order valence-corrected chi connectivity index (χ3v) is 7.05. The SMILES string of the molecule is CNC(=O)c1ccc(NCCCCC2CCN(C(=O)C(c3cccc(OC)c3)C(F)(F)F)CC2)cc1Cl. The molecule has 3 rings (SSSR count). The number of carbonyl (C=O) groups excluding carboxylic acids is 2. The molecule has 202 valence electrons. The van der Waals surface area contributed by atoms with Gasteiger partial charge in [-0.2, -0.15) is 13.2 Å². The highest BCUT2D eigenvalue weighted by molar-refractivity contribution is 6.34. The number of hydrogen-bond acceptors (Lipinski definition) is 4. The highest BCUT2D eigenvalue weighted by Crippen LogP contribution is 2.38. The van der Waals surface area contributed by atoms with E-state index in [4.69, 9.17) is 16.3 Å². The van der Waals surface area contributed by atoms with Gasteiger partial charge in [-0.25, -0.2) is 0 Å². The first-order chi connectivity index (χ1) is 17.6. The highest BCUT2D eigenvalue weighted by atomic mass is 35.5. The zero-order chi connectivity index (χ0) is 27.0. The molecule has 0 bridgehead atoms. The van der Waals surface area contributed by atoms with Crippen LogP contribution in [-0.4, -0.2) is 56.7 Å². The topological polar surface area (TPSA) is 70.7 Å². The van der Waals surface area contributed by atoms with Gasteiger partial charge in [-0.15, -0.1) is 0 Å². The van der Waals surface area contributed by atoms with Crippen molar-refractivity contribution in [3.63, 3.8) is 0 Å². The standard InChI is InChI=1S/C27H33ClF3N3O3/c1-32-25(35)22-10-9-20(17-23(22)28)33-13-4-3-6-18-11-14-34(15-12-18)26(36)24(27(29,30)31)19-7-5-8-21(16-19)37-2/h5,7-10,16-18,24,33H,3-4,6,11-15H2,1-2H3,(H,32,35). The number of piperidine rings is 1. The minimum Gasteiger partial charge on any atom is -0.497 e. The molecule has 1 saturated heterocycles. The van der Waals surface area contributed by atoms with E-state index in [0.717, 1.165) is 31.5 Å². The van der Waals surface area contributed by atoms with Gasteiger partial charge in [-0.3, -0.25) is 9.59 Å². The Morgan fingerprint density at radius 1 is 1.14 bits per heavy atom. The predicted molar refractivity (Wildman–Crippen MR) is 138 cm³/mol. The third-order valence-electron chi connectivity index (χ3n) is 6.74. The van der Waals surface area contributed by atoms with E-state index in [0.29, 0.717) is 42.4 Å². The van der Waals surface area contributed by atoms with E-state index in [1.54, 1.807) is 25.2 Å². The minimum atomic E-state index is -4.68. The number of unbranched alkanes of at least 4 members (excludes halogenated alkanes) is 1. The van der Waals surface area contributed by atoms with Crippen molar-refractivity contribution in [2.45, 2.75) is 44.2 Å². The number of rotatable bonds is 10. The summed E-state index contributed by atoms with van der Waals surface area (Å²) in [5, 5.41) is 6.22. The van der Waals surface area contributed by atoms with Crippen molar-refractivity contribution in [1.29, 1.82) is 0 Å². The van der Waals surface area contributed by atoms with Crippen LogP contribution in [0.5, 0.6) is 5.75 Å². The molecule has 2 N–H and O–H groups in total. The summed E-state index contributed by atoms with van der Waals surface area (Å²) in [6, 6.07) is 10.8. The molecule has 2 amide bonds. The number of ether oxygens (including phenoxy) is 1. The number of halogens is 4. The molecule has 1 unspecified atom stereocenters. The van der Waals surface area contributed by atoms with E-state index < -0.39 is 18.0 Å². The van der Waals surface area contributed by atoms with Crippen LogP contribution >= 0.6 is 11.6 Å². The first-order valence-corrected chi connectivity index (χ1v) is 12.8. The number of nitrogens with one attached hydrogen (secondary N) is 2. The predicted octanol–water partition coefficient (Wildman–Crippen LogP) is 5.88. The second kappa shape index (κ2) is 13.0. The van der Waals surface area contributed by atoms with E-state index in [2.05, 4.69) is 10.6 Å². The Hall–Kier alpha value is -2.94. The van der Waals surface area contributed by atoms with Crippen molar-refractivity contribution in [3.05, 3.63) is 58.6 Å². The van der Waals surface area contributed by atoms with Gasteiger partial charge in [0.2, 0.25) is 5.91 Å². The number of hydrogen-bond donors (Lipinski definition) is 2. The largest absolute Gasteiger partial charge is 0.497 e. The number of nitrogens with zero attached hydrogens (tertiary/aromatic N) is 1. The fourth-order valence-corrected chi connectivity index (χ4v) is 4.92. The van der Waals surface area contributed by atoms with E-state index in [9.17, 15) is 22.8 Å². The zero-order valence-electron chi connectivity index (χ0n) is 21.0. The molecule has 1 atom stereocenters. The molecule has 37 heavy (non-hydrogen) atoms. The number of carbonyl (C=O) groups is 2. The van der Waals surface area contributed by atoms with Crippen LogP contribution < -0.4 is 15.4 Å². The lowest BCUT2D eigenvalue weighted by Gasteiger charge is -2.35. The van der Waals surface area contributed by atoms with E-state index >= 15 is 0 Å². The second-order valence-electron chi connectivity index (χ2n) is 9.22. The normalized spacial score (nSPS) is 15.2. The first kappa shape index (κ1) is 28.6. The lowest BCUT2D eigenvalue weighted by Crippen LogP contribution is -2.44. The van der Waals surface area contributed by atoms with E-state index in [1.807, 2.05) is 6.07 Å². The molecule has 0 saturated carbocycles. The average molecular weight is 540 g/mol. The number of methoxy groups -OCH3 is 1. The Morgan fingerprint density at radius 3 is 2.49 bits per heavy atom. The second-order valence-corrected chi connectivity index (χ2v) is 9.62. The molecule has 1 fully saturated rings. The lowest BCUT2D eigenvalue weighted by molar-refractivity contribution is -0.172. The van der Waals surface area contributed by atoms with Gasteiger partial charge in [-0.05, 0) is 61.1 Å².